The molecule has 5 heteroatoms. The lowest BCUT2D eigenvalue weighted by atomic mass is 10.0. The normalized spacial score (nSPS) is 12.8. The van der Waals surface area contributed by atoms with Gasteiger partial charge in [-0.1, -0.05) is 25.4 Å². The van der Waals surface area contributed by atoms with Crippen molar-refractivity contribution in [1.29, 1.82) is 0 Å². The molecular formula is C12H20ClN3O. The first-order chi connectivity index (χ1) is 7.99. The minimum atomic E-state index is 0.163. The molecule has 0 amide bonds. The Morgan fingerprint density at radius 3 is 2.71 bits per heavy atom. The highest BCUT2D eigenvalue weighted by Gasteiger charge is 2.17. The second-order valence-electron chi connectivity index (χ2n) is 4.44. The van der Waals surface area contributed by atoms with E-state index in [1.165, 1.54) is 0 Å². The Balaban J connectivity index is 2.74. The van der Waals surface area contributed by atoms with Gasteiger partial charge in [0.05, 0.1) is 16.4 Å². The van der Waals surface area contributed by atoms with Crippen LogP contribution < -0.4 is 5.73 Å². The third kappa shape index (κ3) is 3.54. The topological polar surface area (TPSA) is 60.9 Å². The van der Waals surface area contributed by atoms with Crippen LogP contribution in [0.2, 0.25) is 5.02 Å². The summed E-state index contributed by atoms with van der Waals surface area (Å²) >= 11 is 6.18. The van der Waals surface area contributed by atoms with Gasteiger partial charge in [0, 0.05) is 19.9 Å². The van der Waals surface area contributed by atoms with E-state index in [0.717, 1.165) is 17.8 Å². The molecule has 0 aliphatic rings. The predicted molar refractivity (Wildman–Crippen MR) is 69.1 cm³/mol. The molecule has 1 rings (SSSR count). The zero-order valence-electron chi connectivity index (χ0n) is 10.7. The smallest absolute Gasteiger partial charge is 0.139 e. The molecule has 4 nitrogen and oxygen atoms in total. The SMILES string of the molecule is CCc1nn(C)c(CC(=O)CC(C)CN)c1Cl. The Bertz CT molecular complexity index is 401. The van der Waals surface area contributed by atoms with Crippen LogP contribution in [0, 0.1) is 5.92 Å². The van der Waals surface area contributed by atoms with Crippen LogP contribution in [-0.2, 0) is 24.7 Å². The van der Waals surface area contributed by atoms with Crippen molar-refractivity contribution >= 4 is 17.4 Å². The number of rotatable bonds is 6. The second kappa shape index (κ2) is 6.17. The number of hydrogen-bond donors (Lipinski definition) is 1. The monoisotopic (exact) mass is 257 g/mol. The number of ketones is 1. The van der Waals surface area contributed by atoms with Gasteiger partial charge >= 0.3 is 0 Å². The minimum absolute atomic E-state index is 0.163. The van der Waals surface area contributed by atoms with Crippen LogP contribution in [0.15, 0.2) is 0 Å². The highest BCUT2D eigenvalue weighted by molar-refractivity contribution is 6.32. The summed E-state index contributed by atoms with van der Waals surface area (Å²) in [6.45, 7) is 4.50. The molecule has 1 unspecified atom stereocenters. The standard InChI is InChI=1S/C12H20ClN3O/c1-4-10-12(13)11(16(3)15-10)6-9(17)5-8(2)7-14/h8H,4-7,14H2,1-3H3. The van der Waals surface area contributed by atoms with Gasteiger partial charge in [-0.25, -0.2) is 0 Å². The van der Waals surface area contributed by atoms with E-state index in [1.807, 2.05) is 20.9 Å². The van der Waals surface area contributed by atoms with E-state index in [0.29, 0.717) is 24.4 Å². The zero-order chi connectivity index (χ0) is 13.0. The van der Waals surface area contributed by atoms with Crippen molar-refractivity contribution in [3.05, 3.63) is 16.4 Å². The maximum atomic E-state index is 11.8. The first-order valence-electron chi connectivity index (χ1n) is 5.91. The fourth-order valence-electron chi connectivity index (χ4n) is 1.74. The van der Waals surface area contributed by atoms with Gasteiger partial charge in [-0.2, -0.15) is 5.10 Å². The van der Waals surface area contributed by atoms with Crippen molar-refractivity contribution < 1.29 is 4.79 Å². The lowest BCUT2D eigenvalue weighted by Crippen LogP contribution is -2.17. The summed E-state index contributed by atoms with van der Waals surface area (Å²) in [6, 6.07) is 0. The molecule has 1 atom stereocenters. The molecule has 1 heterocycles. The summed E-state index contributed by atoms with van der Waals surface area (Å²) in [5.74, 6) is 0.385. The van der Waals surface area contributed by atoms with Crippen LogP contribution in [-0.4, -0.2) is 22.1 Å². The summed E-state index contributed by atoms with van der Waals surface area (Å²) in [4.78, 5) is 11.8. The first-order valence-corrected chi connectivity index (χ1v) is 6.29. The van der Waals surface area contributed by atoms with E-state index in [4.69, 9.17) is 17.3 Å². The van der Waals surface area contributed by atoms with Gasteiger partial charge in [-0.05, 0) is 18.9 Å². The van der Waals surface area contributed by atoms with E-state index in [9.17, 15) is 4.79 Å². The van der Waals surface area contributed by atoms with E-state index < -0.39 is 0 Å². The van der Waals surface area contributed by atoms with Crippen LogP contribution in [0.5, 0.6) is 0 Å². The van der Waals surface area contributed by atoms with Crippen molar-refractivity contribution in [2.45, 2.75) is 33.1 Å². The van der Waals surface area contributed by atoms with Crippen LogP contribution in [0.3, 0.4) is 0 Å². The first kappa shape index (κ1) is 14.2. The number of carbonyl (C=O) groups excluding carboxylic acids is 1. The molecular weight excluding hydrogens is 238 g/mol. The molecule has 0 radical (unpaired) electrons. The number of nitrogens with two attached hydrogens (primary N) is 1. The van der Waals surface area contributed by atoms with Crippen LogP contribution >= 0.6 is 11.6 Å². The van der Waals surface area contributed by atoms with Gasteiger partial charge < -0.3 is 5.73 Å². The summed E-state index contributed by atoms with van der Waals surface area (Å²) in [5.41, 5.74) is 7.16. The van der Waals surface area contributed by atoms with Gasteiger partial charge in [-0.15, -0.1) is 0 Å². The number of carbonyl (C=O) groups is 1. The summed E-state index contributed by atoms with van der Waals surface area (Å²) < 4.78 is 1.70. The Kier molecular flexibility index (Phi) is 5.15. The van der Waals surface area contributed by atoms with Gasteiger partial charge in [0.2, 0.25) is 0 Å². The molecule has 0 aliphatic heterocycles. The average molecular weight is 258 g/mol. The van der Waals surface area contributed by atoms with Crippen LogP contribution in [0.25, 0.3) is 0 Å². The number of nitrogens with zero attached hydrogens (tertiary/aromatic N) is 2. The number of aromatic nitrogens is 2. The van der Waals surface area contributed by atoms with Crippen LogP contribution in [0.1, 0.15) is 31.7 Å². The molecule has 0 saturated heterocycles. The number of aryl methyl sites for hydroxylation is 2. The highest BCUT2D eigenvalue weighted by Crippen LogP contribution is 2.22. The quantitative estimate of drug-likeness (QED) is 0.844. The Hall–Kier alpha value is -0.870. The highest BCUT2D eigenvalue weighted by atomic mass is 35.5. The Labute approximate surface area is 107 Å². The number of halogens is 1. The molecule has 1 aromatic rings. The third-order valence-corrected chi connectivity index (χ3v) is 3.28. The molecule has 0 fully saturated rings. The Morgan fingerprint density at radius 2 is 2.24 bits per heavy atom. The maximum absolute atomic E-state index is 11.8. The maximum Gasteiger partial charge on any atom is 0.139 e. The van der Waals surface area contributed by atoms with Gasteiger partial charge in [0.1, 0.15) is 5.78 Å². The molecule has 17 heavy (non-hydrogen) atoms. The molecule has 0 saturated carbocycles. The number of hydrogen-bond acceptors (Lipinski definition) is 3. The zero-order valence-corrected chi connectivity index (χ0v) is 11.4. The van der Waals surface area contributed by atoms with Gasteiger partial charge in [0.15, 0.2) is 0 Å². The van der Waals surface area contributed by atoms with E-state index in [1.54, 1.807) is 4.68 Å². The fourth-order valence-corrected chi connectivity index (χ4v) is 2.10. The lowest BCUT2D eigenvalue weighted by Gasteiger charge is -2.07. The molecule has 96 valence electrons. The van der Waals surface area contributed by atoms with Crippen molar-refractivity contribution in [1.82, 2.24) is 9.78 Å². The average Bonchev–Trinajstić information content (AvgIpc) is 2.56. The van der Waals surface area contributed by atoms with Crippen LogP contribution in [0.4, 0.5) is 0 Å². The van der Waals surface area contributed by atoms with Crippen molar-refractivity contribution in [3.8, 4) is 0 Å². The van der Waals surface area contributed by atoms with Gasteiger partial charge in [0.25, 0.3) is 0 Å². The fraction of sp³-hybridized carbons (Fsp3) is 0.667. The summed E-state index contributed by atoms with van der Waals surface area (Å²) in [5, 5.41) is 4.92. The van der Waals surface area contributed by atoms with Crippen molar-refractivity contribution in [2.24, 2.45) is 18.7 Å². The lowest BCUT2D eigenvalue weighted by molar-refractivity contribution is -0.119. The molecule has 1 aromatic heterocycles. The molecule has 2 N–H and O–H groups in total. The van der Waals surface area contributed by atoms with Crippen molar-refractivity contribution in [3.63, 3.8) is 0 Å². The molecule has 0 aliphatic carbocycles. The van der Waals surface area contributed by atoms with E-state index >= 15 is 0 Å². The number of Topliss-reactive ketones (excluding diaryl/α,β-unsaturated/α-hetero) is 1. The summed E-state index contributed by atoms with van der Waals surface area (Å²) in [6.07, 6.45) is 1.62. The van der Waals surface area contributed by atoms with E-state index in [2.05, 4.69) is 5.10 Å². The molecule has 0 aromatic carbocycles. The predicted octanol–water partition coefficient (Wildman–Crippen LogP) is 1.73. The van der Waals surface area contributed by atoms with E-state index in [-0.39, 0.29) is 11.7 Å². The third-order valence-electron chi connectivity index (χ3n) is 2.85. The Morgan fingerprint density at radius 1 is 1.59 bits per heavy atom. The molecule has 0 bridgehead atoms. The van der Waals surface area contributed by atoms with Crippen molar-refractivity contribution in [2.75, 3.05) is 6.54 Å². The van der Waals surface area contributed by atoms with Gasteiger partial charge in [-0.3, -0.25) is 9.48 Å². The molecule has 0 spiro atoms. The summed E-state index contributed by atoms with van der Waals surface area (Å²) in [7, 11) is 1.82. The minimum Gasteiger partial charge on any atom is -0.330 e. The second-order valence-corrected chi connectivity index (χ2v) is 4.82. The largest absolute Gasteiger partial charge is 0.330 e.